The molecule has 1 aliphatic rings. The van der Waals surface area contributed by atoms with Crippen molar-refractivity contribution in [3.63, 3.8) is 0 Å². The normalized spacial score (nSPS) is 16.0. The van der Waals surface area contributed by atoms with Crippen molar-refractivity contribution in [1.29, 1.82) is 0 Å². The molecule has 4 heteroatoms. The second-order valence-electron chi connectivity index (χ2n) is 5.67. The predicted molar refractivity (Wildman–Crippen MR) is 87.9 cm³/mol. The lowest BCUT2D eigenvalue weighted by Crippen LogP contribution is -2.07. The molecule has 4 rings (SSSR count). The molecule has 0 bridgehead atoms. The zero-order chi connectivity index (χ0) is 14.2. The van der Waals surface area contributed by atoms with E-state index in [0.29, 0.717) is 5.92 Å². The van der Waals surface area contributed by atoms with Crippen LogP contribution < -0.4 is 5.32 Å². The minimum Gasteiger partial charge on any atom is -0.354 e. The Bertz CT molecular complexity index is 771. The van der Waals surface area contributed by atoms with Gasteiger partial charge in [-0.2, -0.15) is 4.37 Å². The number of hydrogen-bond acceptors (Lipinski definition) is 4. The Morgan fingerprint density at radius 3 is 2.81 bits per heavy atom. The van der Waals surface area contributed by atoms with Gasteiger partial charge in [-0.15, -0.1) is 0 Å². The standard InChI is InChI=1S/C17H17N3S/c1-11(18-17-19-16(20-21-17)13-9-10-13)14-8-4-6-12-5-2-3-7-15(12)14/h2-8,11,13H,9-10H2,1H3,(H,18,19,20). The molecule has 1 unspecified atom stereocenters. The third kappa shape index (κ3) is 2.51. The zero-order valence-corrected chi connectivity index (χ0v) is 12.7. The average Bonchev–Trinajstić information content (AvgIpc) is 3.27. The molecule has 2 aromatic carbocycles. The Kier molecular flexibility index (Phi) is 3.11. The molecule has 3 aromatic rings. The Balaban J connectivity index is 1.61. The second-order valence-corrected chi connectivity index (χ2v) is 6.42. The molecule has 21 heavy (non-hydrogen) atoms. The van der Waals surface area contributed by atoms with E-state index < -0.39 is 0 Å². The molecule has 1 N–H and O–H groups in total. The van der Waals surface area contributed by atoms with Crippen LogP contribution in [0.25, 0.3) is 10.8 Å². The summed E-state index contributed by atoms with van der Waals surface area (Å²) in [5.41, 5.74) is 1.30. The van der Waals surface area contributed by atoms with Crippen LogP contribution in [0.1, 0.15) is 43.1 Å². The minimum absolute atomic E-state index is 0.219. The first-order chi connectivity index (χ1) is 10.3. The van der Waals surface area contributed by atoms with E-state index in [-0.39, 0.29) is 6.04 Å². The second kappa shape index (κ2) is 5.11. The lowest BCUT2D eigenvalue weighted by molar-refractivity contribution is 0.884. The molecule has 1 heterocycles. The lowest BCUT2D eigenvalue weighted by atomic mass is 10.00. The van der Waals surface area contributed by atoms with Crippen LogP contribution in [0.15, 0.2) is 42.5 Å². The Hall–Kier alpha value is -1.94. The highest BCUT2D eigenvalue weighted by Crippen LogP contribution is 2.39. The van der Waals surface area contributed by atoms with E-state index in [9.17, 15) is 0 Å². The number of anilines is 1. The van der Waals surface area contributed by atoms with Crippen molar-refractivity contribution in [3.05, 3.63) is 53.9 Å². The summed E-state index contributed by atoms with van der Waals surface area (Å²) in [6, 6.07) is 15.2. The van der Waals surface area contributed by atoms with Crippen LogP contribution >= 0.6 is 11.5 Å². The van der Waals surface area contributed by atoms with Gasteiger partial charge < -0.3 is 5.32 Å². The molecule has 1 fully saturated rings. The maximum atomic E-state index is 4.61. The van der Waals surface area contributed by atoms with Crippen molar-refractivity contribution < 1.29 is 0 Å². The first-order valence-electron chi connectivity index (χ1n) is 7.39. The van der Waals surface area contributed by atoms with Gasteiger partial charge in [-0.25, -0.2) is 4.98 Å². The molecule has 1 aromatic heterocycles. The molecule has 106 valence electrons. The highest BCUT2D eigenvalue weighted by molar-refractivity contribution is 7.09. The van der Waals surface area contributed by atoms with Gasteiger partial charge in [-0.3, -0.25) is 0 Å². The smallest absolute Gasteiger partial charge is 0.203 e. The number of rotatable bonds is 4. The average molecular weight is 295 g/mol. The molecule has 1 aliphatic carbocycles. The molecule has 0 aliphatic heterocycles. The van der Waals surface area contributed by atoms with Crippen molar-refractivity contribution >= 4 is 27.4 Å². The number of benzene rings is 2. The van der Waals surface area contributed by atoms with Crippen LogP contribution in [0.4, 0.5) is 5.13 Å². The highest BCUT2D eigenvalue weighted by atomic mass is 32.1. The monoisotopic (exact) mass is 295 g/mol. The molecule has 1 atom stereocenters. The van der Waals surface area contributed by atoms with Gasteiger partial charge in [-0.05, 0) is 36.1 Å². The number of aromatic nitrogens is 2. The SMILES string of the molecule is CC(Nc1nc(C2CC2)ns1)c1cccc2ccccc12. The van der Waals surface area contributed by atoms with Crippen molar-refractivity contribution in [3.8, 4) is 0 Å². The summed E-state index contributed by atoms with van der Waals surface area (Å²) < 4.78 is 4.46. The van der Waals surface area contributed by atoms with Gasteiger partial charge in [0.05, 0.1) is 6.04 Å². The van der Waals surface area contributed by atoms with Crippen LogP contribution in [-0.2, 0) is 0 Å². The number of nitrogens with zero attached hydrogens (tertiary/aromatic N) is 2. The number of nitrogens with one attached hydrogen (secondary N) is 1. The van der Waals surface area contributed by atoms with Crippen molar-refractivity contribution in [1.82, 2.24) is 9.36 Å². The van der Waals surface area contributed by atoms with Gasteiger partial charge >= 0.3 is 0 Å². The zero-order valence-electron chi connectivity index (χ0n) is 11.9. The van der Waals surface area contributed by atoms with E-state index in [1.54, 1.807) is 0 Å². The maximum Gasteiger partial charge on any atom is 0.203 e. The fraction of sp³-hybridized carbons (Fsp3) is 0.294. The Morgan fingerprint density at radius 2 is 1.95 bits per heavy atom. The molecule has 0 radical (unpaired) electrons. The summed E-state index contributed by atoms with van der Waals surface area (Å²) in [6.07, 6.45) is 2.49. The van der Waals surface area contributed by atoms with Crippen molar-refractivity contribution in [2.45, 2.75) is 31.7 Å². The quantitative estimate of drug-likeness (QED) is 0.755. The molecule has 0 spiro atoms. The molecule has 1 saturated carbocycles. The van der Waals surface area contributed by atoms with Gasteiger partial charge in [-0.1, -0.05) is 42.5 Å². The van der Waals surface area contributed by atoms with Gasteiger partial charge in [0.1, 0.15) is 5.82 Å². The van der Waals surface area contributed by atoms with Crippen LogP contribution in [-0.4, -0.2) is 9.36 Å². The Labute approximate surface area is 128 Å². The fourth-order valence-electron chi connectivity index (χ4n) is 2.69. The van der Waals surface area contributed by atoms with E-state index >= 15 is 0 Å². The first-order valence-corrected chi connectivity index (χ1v) is 8.16. The van der Waals surface area contributed by atoms with Crippen LogP contribution in [0.5, 0.6) is 0 Å². The third-order valence-corrected chi connectivity index (χ3v) is 4.67. The van der Waals surface area contributed by atoms with Gasteiger partial charge in [0.25, 0.3) is 0 Å². The predicted octanol–water partition coefficient (Wildman–Crippen LogP) is 4.74. The third-order valence-electron chi connectivity index (χ3n) is 4.01. The first kappa shape index (κ1) is 12.8. The van der Waals surface area contributed by atoms with Crippen LogP contribution in [0.2, 0.25) is 0 Å². The van der Waals surface area contributed by atoms with Crippen molar-refractivity contribution in [2.75, 3.05) is 5.32 Å². The summed E-state index contributed by atoms with van der Waals surface area (Å²) in [5.74, 6) is 1.64. The van der Waals surface area contributed by atoms with Gasteiger partial charge in [0.2, 0.25) is 5.13 Å². The lowest BCUT2D eigenvalue weighted by Gasteiger charge is -2.15. The molecular weight excluding hydrogens is 278 g/mol. The van der Waals surface area contributed by atoms with E-state index in [0.717, 1.165) is 11.0 Å². The van der Waals surface area contributed by atoms with E-state index in [1.165, 1.54) is 40.7 Å². The summed E-state index contributed by atoms with van der Waals surface area (Å²) in [5, 5.41) is 7.00. The number of fused-ring (bicyclic) bond motifs is 1. The molecule has 0 saturated heterocycles. The highest BCUT2D eigenvalue weighted by Gasteiger charge is 2.28. The van der Waals surface area contributed by atoms with E-state index in [2.05, 4.69) is 64.1 Å². The van der Waals surface area contributed by atoms with Crippen LogP contribution in [0.3, 0.4) is 0 Å². The van der Waals surface area contributed by atoms with Gasteiger partial charge in [0, 0.05) is 17.5 Å². The van der Waals surface area contributed by atoms with Gasteiger partial charge in [0.15, 0.2) is 0 Å². The topological polar surface area (TPSA) is 37.8 Å². The van der Waals surface area contributed by atoms with E-state index in [1.807, 2.05) is 0 Å². The van der Waals surface area contributed by atoms with Crippen molar-refractivity contribution in [2.24, 2.45) is 0 Å². The fourth-order valence-corrected chi connectivity index (χ4v) is 3.43. The summed E-state index contributed by atoms with van der Waals surface area (Å²) >= 11 is 1.47. The molecule has 3 nitrogen and oxygen atoms in total. The maximum absolute atomic E-state index is 4.61. The molecular formula is C17H17N3S. The summed E-state index contributed by atoms with van der Waals surface area (Å²) in [6.45, 7) is 2.18. The summed E-state index contributed by atoms with van der Waals surface area (Å²) in [4.78, 5) is 4.61. The van der Waals surface area contributed by atoms with E-state index in [4.69, 9.17) is 0 Å². The molecule has 0 amide bonds. The number of hydrogen-bond donors (Lipinski definition) is 1. The Morgan fingerprint density at radius 1 is 1.14 bits per heavy atom. The minimum atomic E-state index is 0.219. The van der Waals surface area contributed by atoms with Crippen LogP contribution in [0, 0.1) is 0 Å². The largest absolute Gasteiger partial charge is 0.354 e. The summed E-state index contributed by atoms with van der Waals surface area (Å²) in [7, 11) is 0.